The molecule has 1 aromatic carbocycles. The van der Waals surface area contributed by atoms with Crippen LogP contribution in [0.1, 0.15) is 37.4 Å². The Morgan fingerprint density at radius 3 is 2.56 bits per heavy atom. The van der Waals surface area contributed by atoms with E-state index in [4.69, 9.17) is 14.8 Å². The molecule has 180 valence electrons. The number of imidazole rings is 2. The molecule has 7 rings (SSSR count). The number of ether oxygens (including phenoxy) is 1. The van der Waals surface area contributed by atoms with Gasteiger partial charge in [0.05, 0.1) is 41.3 Å². The first-order chi connectivity index (χ1) is 17.8. The lowest BCUT2D eigenvalue weighted by Crippen LogP contribution is -2.19. The summed E-state index contributed by atoms with van der Waals surface area (Å²) in [5.41, 5.74) is 7.78. The van der Waals surface area contributed by atoms with Crippen LogP contribution >= 0.6 is 0 Å². The van der Waals surface area contributed by atoms with Crippen molar-refractivity contribution in [3.63, 3.8) is 0 Å². The van der Waals surface area contributed by atoms with Crippen LogP contribution in [-0.2, 0) is 4.74 Å². The second-order valence-corrected chi connectivity index (χ2v) is 9.61. The van der Waals surface area contributed by atoms with Crippen LogP contribution in [0.25, 0.3) is 39.4 Å². The maximum Gasteiger partial charge on any atom is 0.177 e. The maximum atomic E-state index is 5.82. The van der Waals surface area contributed by atoms with E-state index in [0.29, 0.717) is 5.92 Å². The van der Waals surface area contributed by atoms with Crippen LogP contribution in [0.4, 0.5) is 5.69 Å². The number of benzene rings is 1. The average molecular weight is 478 g/mol. The molecule has 5 heterocycles. The van der Waals surface area contributed by atoms with E-state index in [9.17, 15) is 0 Å². The highest BCUT2D eigenvalue weighted by atomic mass is 16.5. The number of rotatable bonds is 7. The smallest absolute Gasteiger partial charge is 0.177 e. The van der Waals surface area contributed by atoms with Gasteiger partial charge in [0.25, 0.3) is 0 Å². The van der Waals surface area contributed by atoms with Gasteiger partial charge in [-0.2, -0.15) is 5.10 Å². The Hall–Kier alpha value is -4.04. The Bertz CT molecular complexity index is 1500. The molecule has 1 atom stereocenters. The van der Waals surface area contributed by atoms with E-state index in [1.54, 1.807) is 12.4 Å². The van der Waals surface area contributed by atoms with Gasteiger partial charge in [0, 0.05) is 42.6 Å². The Balaban J connectivity index is 1.25. The Labute approximate surface area is 208 Å². The highest BCUT2D eigenvalue weighted by Crippen LogP contribution is 2.39. The van der Waals surface area contributed by atoms with Crippen molar-refractivity contribution in [2.45, 2.75) is 37.7 Å². The molecule has 0 bridgehead atoms. The van der Waals surface area contributed by atoms with Crippen LogP contribution in [0.2, 0.25) is 0 Å². The molecule has 8 nitrogen and oxygen atoms in total. The van der Waals surface area contributed by atoms with Crippen LogP contribution in [-0.4, -0.2) is 48.8 Å². The molecule has 8 heteroatoms. The normalized spacial score (nSPS) is 17.6. The number of fused-ring (bicyclic) bond motifs is 1. The molecular formula is C28H27N7O. The molecule has 0 unspecified atom stereocenters. The lowest BCUT2D eigenvalue weighted by atomic mass is 10.1. The van der Waals surface area contributed by atoms with E-state index in [2.05, 4.69) is 50.6 Å². The number of aromatic amines is 1. The number of nitrogens with one attached hydrogen (secondary N) is 2. The molecule has 36 heavy (non-hydrogen) atoms. The SMILES string of the molecule is c1cc(-c2cc(NC[C@H]3CCCO3)c3ncc(-c4ccc(-c5cnc(C6CC6)[nH]5)cc4)n3n2)ccn1. The van der Waals surface area contributed by atoms with E-state index in [-0.39, 0.29) is 6.10 Å². The van der Waals surface area contributed by atoms with E-state index < -0.39 is 0 Å². The van der Waals surface area contributed by atoms with Crippen LogP contribution in [0.3, 0.4) is 0 Å². The second-order valence-electron chi connectivity index (χ2n) is 9.61. The molecule has 2 fully saturated rings. The Morgan fingerprint density at radius 1 is 0.944 bits per heavy atom. The molecule has 2 N–H and O–H groups in total. The standard InChI is InChI=1S/C28H27N7O/c1-2-22(36-13-1)15-30-24-14-23(19-9-11-29-12-10-19)34-35-26(17-32-28(24)35)20-5-3-18(4-6-20)25-16-31-27(33-25)21-7-8-21/h3-6,9-12,14,16-17,21-22,30H,1-2,7-8,13,15H2,(H,31,33)/t22-/m1/s1. The molecular weight excluding hydrogens is 450 g/mol. The van der Waals surface area contributed by atoms with Gasteiger partial charge in [0.1, 0.15) is 5.82 Å². The summed E-state index contributed by atoms with van der Waals surface area (Å²) in [7, 11) is 0. The lowest BCUT2D eigenvalue weighted by molar-refractivity contribution is 0.120. The minimum Gasteiger partial charge on any atom is -0.379 e. The van der Waals surface area contributed by atoms with Crippen molar-refractivity contribution in [1.82, 2.24) is 29.5 Å². The third-order valence-electron chi connectivity index (χ3n) is 7.04. The minimum atomic E-state index is 0.229. The summed E-state index contributed by atoms with van der Waals surface area (Å²) in [5, 5.41) is 8.55. The first-order valence-electron chi connectivity index (χ1n) is 12.6. The molecule has 1 saturated carbocycles. The topological polar surface area (TPSA) is 93.0 Å². The maximum absolute atomic E-state index is 5.82. The van der Waals surface area contributed by atoms with E-state index in [1.165, 1.54) is 12.8 Å². The van der Waals surface area contributed by atoms with E-state index in [0.717, 1.165) is 76.9 Å². The minimum absolute atomic E-state index is 0.229. The fourth-order valence-electron chi connectivity index (χ4n) is 4.86. The first-order valence-corrected chi connectivity index (χ1v) is 12.6. The summed E-state index contributed by atoms with van der Waals surface area (Å²) in [6, 6.07) is 14.5. The summed E-state index contributed by atoms with van der Waals surface area (Å²) >= 11 is 0. The number of hydrogen-bond acceptors (Lipinski definition) is 6. The van der Waals surface area contributed by atoms with Gasteiger partial charge in [-0.1, -0.05) is 24.3 Å². The zero-order valence-corrected chi connectivity index (χ0v) is 19.9. The van der Waals surface area contributed by atoms with Crippen LogP contribution in [0.5, 0.6) is 0 Å². The number of pyridine rings is 1. The van der Waals surface area contributed by atoms with Crippen molar-refractivity contribution in [3.8, 4) is 33.8 Å². The fraction of sp³-hybridized carbons (Fsp3) is 0.286. The Morgan fingerprint density at radius 2 is 1.78 bits per heavy atom. The zero-order valence-electron chi connectivity index (χ0n) is 19.9. The van der Waals surface area contributed by atoms with Crippen molar-refractivity contribution in [3.05, 3.63) is 73.1 Å². The second kappa shape index (κ2) is 8.87. The van der Waals surface area contributed by atoms with Gasteiger partial charge in [-0.15, -0.1) is 0 Å². The van der Waals surface area contributed by atoms with Crippen LogP contribution in [0, 0.1) is 0 Å². The summed E-state index contributed by atoms with van der Waals surface area (Å²) in [6.07, 6.45) is 12.3. The molecule has 1 aliphatic heterocycles. The number of nitrogens with zero attached hydrogens (tertiary/aromatic N) is 5. The summed E-state index contributed by atoms with van der Waals surface area (Å²) in [5.74, 6) is 1.71. The van der Waals surface area contributed by atoms with Gasteiger partial charge in [-0.3, -0.25) is 4.98 Å². The Kier molecular flexibility index (Phi) is 5.24. The fourth-order valence-corrected chi connectivity index (χ4v) is 4.86. The van der Waals surface area contributed by atoms with Crippen molar-refractivity contribution in [2.24, 2.45) is 0 Å². The van der Waals surface area contributed by atoms with E-state index in [1.807, 2.05) is 29.0 Å². The number of aromatic nitrogens is 6. The summed E-state index contributed by atoms with van der Waals surface area (Å²) < 4.78 is 7.76. The predicted molar refractivity (Wildman–Crippen MR) is 139 cm³/mol. The number of anilines is 1. The van der Waals surface area contributed by atoms with Crippen molar-refractivity contribution >= 4 is 11.3 Å². The quantitative estimate of drug-likeness (QED) is 0.330. The third-order valence-corrected chi connectivity index (χ3v) is 7.04. The molecule has 2 aliphatic rings. The van der Waals surface area contributed by atoms with E-state index >= 15 is 0 Å². The van der Waals surface area contributed by atoms with Crippen molar-refractivity contribution < 1.29 is 4.74 Å². The predicted octanol–water partition coefficient (Wildman–Crippen LogP) is 5.32. The molecule has 1 saturated heterocycles. The van der Waals surface area contributed by atoms with Crippen LogP contribution < -0.4 is 5.32 Å². The van der Waals surface area contributed by atoms with Gasteiger partial charge in [-0.05, 0) is 49.4 Å². The molecule has 0 amide bonds. The van der Waals surface area contributed by atoms with Gasteiger partial charge in [0.15, 0.2) is 5.65 Å². The lowest BCUT2D eigenvalue weighted by Gasteiger charge is -2.14. The average Bonchev–Trinajstić information content (AvgIpc) is 3.30. The highest BCUT2D eigenvalue weighted by Gasteiger charge is 2.26. The molecule has 0 spiro atoms. The zero-order chi connectivity index (χ0) is 23.9. The monoisotopic (exact) mass is 477 g/mol. The van der Waals surface area contributed by atoms with Crippen molar-refractivity contribution in [1.29, 1.82) is 0 Å². The first kappa shape index (κ1) is 21.3. The highest BCUT2D eigenvalue weighted by molar-refractivity contribution is 5.77. The third kappa shape index (κ3) is 4.03. The molecule has 1 aliphatic carbocycles. The van der Waals surface area contributed by atoms with Gasteiger partial charge >= 0.3 is 0 Å². The summed E-state index contributed by atoms with van der Waals surface area (Å²) in [4.78, 5) is 17.0. The summed E-state index contributed by atoms with van der Waals surface area (Å²) in [6.45, 7) is 1.59. The van der Waals surface area contributed by atoms with Gasteiger partial charge < -0.3 is 15.0 Å². The van der Waals surface area contributed by atoms with Gasteiger partial charge in [0.2, 0.25) is 0 Å². The van der Waals surface area contributed by atoms with Crippen LogP contribution in [0.15, 0.2) is 67.3 Å². The molecule has 5 aromatic rings. The number of hydrogen-bond donors (Lipinski definition) is 2. The largest absolute Gasteiger partial charge is 0.379 e. The van der Waals surface area contributed by atoms with Crippen molar-refractivity contribution in [2.75, 3.05) is 18.5 Å². The van der Waals surface area contributed by atoms with Gasteiger partial charge in [-0.25, -0.2) is 14.5 Å². The molecule has 0 radical (unpaired) electrons. The number of H-pyrrole nitrogens is 1. The molecule has 4 aromatic heterocycles.